The monoisotopic (exact) mass is 250 g/mol. The molecule has 1 aromatic carbocycles. The van der Waals surface area contributed by atoms with Crippen LogP contribution >= 0.6 is 0 Å². The summed E-state index contributed by atoms with van der Waals surface area (Å²) in [6.45, 7) is 3.84. The zero-order valence-electron chi connectivity index (χ0n) is 10.3. The van der Waals surface area contributed by atoms with Crippen LogP contribution in [-0.4, -0.2) is 25.7 Å². The van der Waals surface area contributed by atoms with Crippen LogP contribution in [0.25, 0.3) is 0 Å². The van der Waals surface area contributed by atoms with E-state index in [1.165, 1.54) is 0 Å². The first kappa shape index (κ1) is 12.4. The summed E-state index contributed by atoms with van der Waals surface area (Å²) in [7, 11) is 0. The molecule has 96 valence electrons. The van der Waals surface area contributed by atoms with Gasteiger partial charge < -0.3 is 14.2 Å². The van der Waals surface area contributed by atoms with Crippen LogP contribution in [0.2, 0.25) is 0 Å². The number of rotatable bonds is 4. The molecule has 5 nitrogen and oxygen atoms in total. The third-order valence-corrected chi connectivity index (χ3v) is 2.84. The predicted molar refractivity (Wildman–Crippen MR) is 63.0 cm³/mol. The van der Waals surface area contributed by atoms with Gasteiger partial charge in [-0.25, -0.2) is 0 Å². The lowest BCUT2D eigenvalue weighted by molar-refractivity contribution is -0.144. The summed E-state index contributed by atoms with van der Waals surface area (Å²) in [4.78, 5) is 22.9. The molecule has 0 fully saturated rings. The Labute approximate surface area is 105 Å². The average Bonchev–Trinajstić information content (AvgIpc) is 2.85. The standard InChI is InChI=1S/C13H14O5/c1-3-16-13(15)8(2)9-4-5-11-12(10(9)6-14)18-7-17-11/h4-6,8H,3,7H2,1-2H3. The van der Waals surface area contributed by atoms with E-state index in [2.05, 4.69) is 0 Å². The minimum atomic E-state index is -0.514. The van der Waals surface area contributed by atoms with Gasteiger partial charge in [-0.1, -0.05) is 6.07 Å². The van der Waals surface area contributed by atoms with Crippen molar-refractivity contribution in [3.8, 4) is 11.5 Å². The van der Waals surface area contributed by atoms with Crippen LogP contribution in [0.1, 0.15) is 35.7 Å². The Balaban J connectivity index is 2.39. The lowest BCUT2D eigenvalue weighted by Gasteiger charge is -2.13. The molecule has 0 aliphatic carbocycles. The van der Waals surface area contributed by atoms with E-state index in [9.17, 15) is 9.59 Å². The average molecular weight is 250 g/mol. The van der Waals surface area contributed by atoms with Crippen molar-refractivity contribution in [3.63, 3.8) is 0 Å². The van der Waals surface area contributed by atoms with E-state index < -0.39 is 5.92 Å². The van der Waals surface area contributed by atoms with Crippen LogP contribution in [-0.2, 0) is 9.53 Å². The van der Waals surface area contributed by atoms with Crippen LogP contribution in [0.3, 0.4) is 0 Å². The second-order valence-electron chi connectivity index (χ2n) is 3.89. The number of esters is 1. The molecule has 1 aliphatic heterocycles. The van der Waals surface area contributed by atoms with Gasteiger partial charge in [-0.05, 0) is 25.5 Å². The summed E-state index contributed by atoms with van der Waals surface area (Å²) in [5.41, 5.74) is 0.943. The molecule has 1 aromatic rings. The number of hydrogen-bond donors (Lipinski definition) is 0. The van der Waals surface area contributed by atoms with Crippen molar-refractivity contribution in [2.45, 2.75) is 19.8 Å². The molecule has 2 rings (SSSR count). The van der Waals surface area contributed by atoms with E-state index in [1.807, 2.05) is 0 Å². The summed E-state index contributed by atoms with van der Waals surface area (Å²) in [6.07, 6.45) is 0.679. The highest BCUT2D eigenvalue weighted by Crippen LogP contribution is 2.38. The summed E-state index contributed by atoms with van der Waals surface area (Å²) < 4.78 is 15.4. The van der Waals surface area contributed by atoms with Gasteiger partial charge >= 0.3 is 5.97 Å². The number of carbonyl (C=O) groups excluding carboxylic acids is 2. The van der Waals surface area contributed by atoms with Crippen molar-refractivity contribution in [1.29, 1.82) is 0 Å². The molecule has 1 heterocycles. The maximum absolute atomic E-state index is 11.7. The van der Waals surface area contributed by atoms with Gasteiger partial charge in [0.2, 0.25) is 6.79 Å². The topological polar surface area (TPSA) is 61.8 Å². The molecule has 0 N–H and O–H groups in total. The van der Waals surface area contributed by atoms with Gasteiger partial charge in [0.05, 0.1) is 18.1 Å². The fourth-order valence-electron chi connectivity index (χ4n) is 1.90. The molecule has 0 saturated carbocycles. The lowest BCUT2D eigenvalue weighted by Crippen LogP contribution is -2.14. The van der Waals surface area contributed by atoms with Crippen LogP contribution < -0.4 is 9.47 Å². The van der Waals surface area contributed by atoms with Gasteiger partial charge in [-0.3, -0.25) is 9.59 Å². The molecule has 0 bridgehead atoms. The smallest absolute Gasteiger partial charge is 0.313 e. The maximum atomic E-state index is 11.7. The number of ether oxygens (including phenoxy) is 3. The largest absolute Gasteiger partial charge is 0.466 e. The zero-order valence-corrected chi connectivity index (χ0v) is 10.3. The van der Waals surface area contributed by atoms with Gasteiger partial charge in [0, 0.05) is 0 Å². The molecule has 1 aliphatic rings. The Hall–Kier alpha value is -2.04. The third-order valence-electron chi connectivity index (χ3n) is 2.84. The molecule has 1 atom stereocenters. The molecule has 1 unspecified atom stereocenters. The number of aldehydes is 1. The first-order chi connectivity index (χ1) is 8.69. The highest BCUT2D eigenvalue weighted by Gasteiger charge is 2.26. The second kappa shape index (κ2) is 5.08. The summed E-state index contributed by atoms with van der Waals surface area (Å²) in [5, 5.41) is 0. The quantitative estimate of drug-likeness (QED) is 0.603. The highest BCUT2D eigenvalue weighted by molar-refractivity contribution is 5.88. The van der Waals surface area contributed by atoms with Gasteiger partial charge in [-0.2, -0.15) is 0 Å². The summed E-state index contributed by atoms with van der Waals surface area (Å²) in [5.74, 6) is 0.0506. The van der Waals surface area contributed by atoms with Crippen LogP contribution in [0.15, 0.2) is 12.1 Å². The van der Waals surface area contributed by atoms with Crippen molar-refractivity contribution >= 4 is 12.3 Å². The van der Waals surface area contributed by atoms with E-state index in [-0.39, 0.29) is 12.8 Å². The van der Waals surface area contributed by atoms with Crippen molar-refractivity contribution in [2.75, 3.05) is 13.4 Å². The van der Waals surface area contributed by atoms with E-state index in [4.69, 9.17) is 14.2 Å². The molecule has 18 heavy (non-hydrogen) atoms. The minimum Gasteiger partial charge on any atom is -0.466 e. The van der Waals surface area contributed by atoms with Gasteiger partial charge in [0.15, 0.2) is 17.8 Å². The number of hydrogen-bond acceptors (Lipinski definition) is 5. The van der Waals surface area contributed by atoms with Crippen LogP contribution in [0.4, 0.5) is 0 Å². The molecule has 0 saturated heterocycles. The van der Waals surface area contributed by atoms with Gasteiger partial charge in [0.25, 0.3) is 0 Å². The Morgan fingerprint density at radius 3 is 2.94 bits per heavy atom. The number of carbonyl (C=O) groups is 2. The van der Waals surface area contributed by atoms with Crippen molar-refractivity contribution in [2.24, 2.45) is 0 Å². The van der Waals surface area contributed by atoms with Crippen molar-refractivity contribution in [1.82, 2.24) is 0 Å². The maximum Gasteiger partial charge on any atom is 0.313 e. The SMILES string of the molecule is CCOC(=O)C(C)c1ccc2c(c1C=O)OCO2. The molecular formula is C13H14O5. The Morgan fingerprint density at radius 1 is 1.50 bits per heavy atom. The second-order valence-corrected chi connectivity index (χ2v) is 3.89. The van der Waals surface area contributed by atoms with E-state index in [1.54, 1.807) is 26.0 Å². The molecule has 0 aromatic heterocycles. The molecule has 0 amide bonds. The Bertz CT molecular complexity index is 481. The van der Waals surface area contributed by atoms with Gasteiger partial charge in [0.1, 0.15) is 0 Å². The Kier molecular flexibility index (Phi) is 3.50. The summed E-state index contributed by atoms with van der Waals surface area (Å²) >= 11 is 0. The van der Waals surface area contributed by atoms with Crippen molar-refractivity contribution < 1.29 is 23.8 Å². The van der Waals surface area contributed by atoms with Crippen LogP contribution in [0.5, 0.6) is 11.5 Å². The zero-order chi connectivity index (χ0) is 13.1. The molecular weight excluding hydrogens is 236 g/mol. The number of fused-ring (bicyclic) bond motifs is 1. The first-order valence-corrected chi connectivity index (χ1v) is 5.73. The minimum absolute atomic E-state index is 0.0907. The first-order valence-electron chi connectivity index (χ1n) is 5.73. The predicted octanol–water partition coefficient (Wildman–Crippen LogP) is 1.89. The lowest BCUT2D eigenvalue weighted by atomic mass is 9.95. The van der Waals surface area contributed by atoms with E-state index >= 15 is 0 Å². The van der Waals surface area contributed by atoms with Gasteiger partial charge in [-0.15, -0.1) is 0 Å². The Morgan fingerprint density at radius 2 is 2.28 bits per heavy atom. The van der Waals surface area contributed by atoms with E-state index in [0.29, 0.717) is 35.5 Å². The van der Waals surface area contributed by atoms with Crippen LogP contribution in [0, 0.1) is 0 Å². The molecule has 5 heteroatoms. The van der Waals surface area contributed by atoms with E-state index in [0.717, 1.165) is 0 Å². The molecule has 0 radical (unpaired) electrons. The molecule has 0 spiro atoms. The fourth-order valence-corrected chi connectivity index (χ4v) is 1.90. The fraction of sp³-hybridized carbons (Fsp3) is 0.385. The normalized spacial score (nSPS) is 14.1. The third kappa shape index (κ3) is 2.03. The summed E-state index contributed by atoms with van der Waals surface area (Å²) in [6, 6.07) is 3.39. The highest BCUT2D eigenvalue weighted by atomic mass is 16.7. The number of benzene rings is 1. The van der Waals surface area contributed by atoms with Crippen molar-refractivity contribution in [3.05, 3.63) is 23.3 Å².